The predicted octanol–water partition coefficient (Wildman–Crippen LogP) is -2.22. The van der Waals surface area contributed by atoms with Crippen molar-refractivity contribution in [1.82, 2.24) is 10.3 Å². The summed E-state index contributed by atoms with van der Waals surface area (Å²) in [5, 5.41) is 132. The van der Waals surface area contributed by atoms with Crippen molar-refractivity contribution in [2.75, 3.05) is 13.2 Å². The molecule has 0 amide bonds. The third kappa shape index (κ3) is 8.08. The molecule has 4 aliphatic rings. The molecule has 0 saturated carbocycles. The van der Waals surface area contributed by atoms with E-state index >= 15 is 0 Å². The summed E-state index contributed by atoms with van der Waals surface area (Å²) in [5.41, 5.74) is 2.79. The quantitative estimate of drug-likeness (QED) is 0.0430. The summed E-state index contributed by atoms with van der Waals surface area (Å²) in [6, 6.07) is 7.85. The van der Waals surface area contributed by atoms with E-state index < -0.39 is 132 Å². The van der Waals surface area contributed by atoms with Gasteiger partial charge in [0.25, 0.3) is 5.79 Å². The number of rotatable bonds is 11. The minimum Gasteiger partial charge on any atom is -0.507 e. The zero-order valence-corrected chi connectivity index (χ0v) is 34.9. The first-order chi connectivity index (χ1) is 31.8. The van der Waals surface area contributed by atoms with Crippen molar-refractivity contribution in [2.45, 2.75) is 91.8 Å². The number of aromatic hydroxyl groups is 3. The Morgan fingerprint density at radius 3 is 2.30 bits per heavy atom. The number of carboxylic acid groups (broad SMARTS) is 1. The van der Waals surface area contributed by atoms with E-state index in [9.17, 15) is 75.7 Å². The van der Waals surface area contributed by atoms with Gasteiger partial charge in [-0.2, -0.15) is 0 Å². The third-order valence-corrected chi connectivity index (χ3v) is 12.3. The van der Waals surface area contributed by atoms with Gasteiger partial charge >= 0.3 is 11.9 Å². The summed E-state index contributed by atoms with van der Waals surface area (Å²) >= 11 is 0. The van der Waals surface area contributed by atoms with Crippen LogP contribution in [-0.2, 0) is 36.6 Å². The number of dihydropyridines is 1. The van der Waals surface area contributed by atoms with Gasteiger partial charge in [0, 0.05) is 84.5 Å². The van der Waals surface area contributed by atoms with E-state index in [0.717, 1.165) is 18.2 Å². The number of aromatic amines is 1. The Kier molecular flexibility index (Phi) is 12.7. The van der Waals surface area contributed by atoms with Crippen molar-refractivity contribution in [3.63, 3.8) is 0 Å². The van der Waals surface area contributed by atoms with E-state index in [1.165, 1.54) is 18.3 Å². The molecule has 2 saturated heterocycles. The van der Waals surface area contributed by atoms with E-state index in [0.29, 0.717) is 11.3 Å². The van der Waals surface area contributed by atoms with Crippen LogP contribution in [0.25, 0.3) is 22.3 Å². The second kappa shape index (κ2) is 18.0. The van der Waals surface area contributed by atoms with Crippen molar-refractivity contribution in [3.8, 4) is 34.3 Å². The Hall–Kier alpha value is -6.35. The number of aliphatic hydroxyl groups excluding tert-OH is 8. The van der Waals surface area contributed by atoms with Crippen LogP contribution in [-0.4, -0.2) is 158 Å². The van der Waals surface area contributed by atoms with Crippen molar-refractivity contribution in [1.29, 1.82) is 0 Å². The molecule has 1 spiro atoms. The Bertz CT molecular complexity index is 2720. The molecule has 6 heterocycles. The number of carboxylic acids is 1. The maximum absolute atomic E-state index is 14.2. The van der Waals surface area contributed by atoms with Gasteiger partial charge in [-0.15, -0.1) is 0 Å². The molecule has 1 unspecified atom stereocenters. The average Bonchev–Trinajstić information content (AvgIpc) is 3.77. The van der Waals surface area contributed by atoms with Gasteiger partial charge in [0.15, 0.2) is 34.7 Å². The van der Waals surface area contributed by atoms with Crippen molar-refractivity contribution >= 4 is 22.9 Å². The molecular weight excluding hydrogens is 890 g/mol. The van der Waals surface area contributed by atoms with Crippen LogP contribution >= 0.6 is 0 Å². The van der Waals surface area contributed by atoms with Crippen molar-refractivity contribution < 1.29 is 94.2 Å². The number of aliphatic hydroxyl groups is 8. The normalized spacial score (nSPS) is 31.5. The van der Waals surface area contributed by atoms with E-state index in [1.807, 2.05) is 0 Å². The summed E-state index contributed by atoms with van der Waals surface area (Å²) in [6.45, 7) is -1.33. The van der Waals surface area contributed by atoms with Gasteiger partial charge < -0.3 is 101 Å². The SMILES string of the molecule is NC1C=CC([C@@H]2C=C(Cc3ccc[nH]3)[C@]3(Oc4cc5oc(-c6cc(O)c(O)c(CCO)c6)cc(=O)c5c(O)c42)O[C@H](C(=O)O[C@H]2O[C@](CCO)(C(=O)O)[C@@H](O)[C@H](O)[C@H]2O)[C@@H](O)[C@H](O)[C@H]3O)=CN1. The number of phenols is 3. The van der Waals surface area contributed by atoms with Gasteiger partial charge in [0.05, 0.1) is 6.17 Å². The smallest absolute Gasteiger partial charge is 0.340 e. The van der Waals surface area contributed by atoms with Gasteiger partial charge in [-0.25, -0.2) is 9.59 Å². The molecule has 2 aromatic carbocycles. The summed E-state index contributed by atoms with van der Waals surface area (Å²) in [5.74, 6) is -9.99. The number of hydrogen-bond donors (Lipinski definition) is 15. The standard InChI is InChI=1S/C44H47N3O20/c45-28-4-3-18(16-47-28)22-13-20(12-21-2-1-7-46-21)44(39(59)34(55)33(54)37(66-44)40(60)64-41-36(57)35(56)38(58)43(67-41,6-9-49)42(61)62)65-27-15-26-30(32(53)29(22)27)23(50)14-25(63-26)19-10-17(5-8-48)31(52)24(51)11-19/h1-4,7,10-11,13-16,22,28,33-39,41,46-49,51-59H,5-6,8-9,12,45H2,(H,61,62)/t22-,28?,33-,34-,35+,36+,37-,38-,39+,41-,43-,44-/m0/s1. The van der Waals surface area contributed by atoms with E-state index in [2.05, 4.69) is 10.3 Å². The highest BCUT2D eigenvalue weighted by molar-refractivity contribution is 5.89. The predicted molar refractivity (Wildman–Crippen MR) is 225 cm³/mol. The molecule has 23 nitrogen and oxygen atoms in total. The van der Waals surface area contributed by atoms with Crippen molar-refractivity contribution in [2.24, 2.45) is 5.73 Å². The molecule has 16 N–H and O–H groups in total. The number of nitrogens with two attached hydrogens (primary N) is 1. The molecule has 23 heteroatoms. The zero-order chi connectivity index (χ0) is 48.3. The highest BCUT2D eigenvalue weighted by atomic mass is 16.8. The molecule has 12 atom stereocenters. The number of allylic oxidation sites excluding steroid dienone is 3. The lowest BCUT2D eigenvalue weighted by molar-refractivity contribution is -0.336. The topological polar surface area (TPSA) is 398 Å². The van der Waals surface area contributed by atoms with Gasteiger partial charge in [0.2, 0.25) is 6.29 Å². The monoisotopic (exact) mass is 937 g/mol. The number of hydrogen-bond acceptors (Lipinski definition) is 21. The van der Waals surface area contributed by atoms with E-state index in [1.54, 1.807) is 30.5 Å². The zero-order valence-electron chi connectivity index (χ0n) is 34.9. The first kappa shape index (κ1) is 47.2. The van der Waals surface area contributed by atoms with Crippen LogP contribution in [0.5, 0.6) is 23.0 Å². The number of H-pyrrole nitrogens is 1. The first-order valence-electron chi connectivity index (χ1n) is 20.8. The Labute approximate surface area is 377 Å². The van der Waals surface area contributed by atoms with E-state index in [-0.39, 0.29) is 51.8 Å². The van der Waals surface area contributed by atoms with Crippen LogP contribution in [0.4, 0.5) is 0 Å². The summed E-state index contributed by atoms with van der Waals surface area (Å²) < 4.78 is 29.6. The molecule has 2 fully saturated rings. The number of nitrogens with one attached hydrogen (secondary N) is 2. The highest BCUT2D eigenvalue weighted by Crippen LogP contribution is 2.52. The third-order valence-electron chi connectivity index (χ3n) is 12.3. The van der Waals surface area contributed by atoms with Crippen molar-refractivity contribution in [3.05, 3.63) is 105 Å². The summed E-state index contributed by atoms with van der Waals surface area (Å²) in [4.78, 5) is 43.6. The first-order valence-corrected chi connectivity index (χ1v) is 20.8. The van der Waals surface area contributed by atoms with Crippen LogP contribution in [0.1, 0.15) is 29.2 Å². The largest absolute Gasteiger partial charge is 0.507 e. The molecule has 4 aliphatic heterocycles. The maximum atomic E-state index is 14.2. The van der Waals surface area contributed by atoms with Gasteiger partial charge in [-0.05, 0) is 42.3 Å². The minimum absolute atomic E-state index is 0.0628. The lowest BCUT2D eigenvalue weighted by Crippen LogP contribution is -2.70. The lowest BCUT2D eigenvalue weighted by Gasteiger charge is -2.49. The summed E-state index contributed by atoms with van der Waals surface area (Å²) in [6.07, 6.45) is -13.1. The second-order valence-corrected chi connectivity index (χ2v) is 16.5. The van der Waals surface area contributed by atoms with E-state index in [4.69, 9.17) is 29.1 Å². The average molecular weight is 938 g/mol. The lowest BCUT2D eigenvalue weighted by atomic mass is 9.82. The molecule has 0 bridgehead atoms. The van der Waals surface area contributed by atoms with Gasteiger partial charge in [0.1, 0.15) is 58.7 Å². The van der Waals surface area contributed by atoms with Crippen LogP contribution in [0, 0.1) is 0 Å². The van der Waals surface area contributed by atoms with Crippen LogP contribution in [0.15, 0.2) is 87.4 Å². The fraction of sp³-hybridized carbons (Fsp3) is 0.386. The molecule has 0 aliphatic carbocycles. The second-order valence-electron chi connectivity index (χ2n) is 16.5. The van der Waals surface area contributed by atoms with Gasteiger partial charge in [-0.1, -0.05) is 12.2 Å². The van der Waals surface area contributed by atoms with Crippen LogP contribution in [0.2, 0.25) is 0 Å². The fourth-order valence-electron chi connectivity index (χ4n) is 8.77. The number of benzene rings is 2. The molecule has 4 aromatic rings. The molecule has 67 heavy (non-hydrogen) atoms. The number of aliphatic carboxylic acids is 1. The van der Waals surface area contributed by atoms with Gasteiger partial charge in [-0.3, -0.25) is 4.79 Å². The summed E-state index contributed by atoms with van der Waals surface area (Å²) in [7, 11) is 0. The Morgan fingerprint density at radius 1 is 0.896 bits per heavy atom. The molecule has 8 rings (SSSR count). The Balaban J connectivity index is 1.30. The maximum Gasteiger partial charge on any atom is 0.340 e. The van der Waals surface area contributed by atoms with Crippen LogP contribution in [0.3, 0.4) is 0 Å². The number of ether oxygens (including phenoxy) is 4. The molecule has 358 valence electrons. The minimum atomic E-state index is -2.83. The number of esters is 1. The number of carbonyl (C=O) groups is 2. The fourth-order valence-corrected chi connectivity index (χ4v) is 8.77. The highest BCUT2D eigenvalue weighted by Gasteiger charge is 2.63. The molecule has 0 radical (unpaired) electrons. The number of fused-ring (bicyclic) bond motifs is 2. The Morgan fingerprint density at radius 2 is 1.64 bits per heavy atom. The number of phenolic OH excluding ortho intramolecular Hbond substituents is 3. The number of carbonyl (C=O) groups excluding carboxylic acids is 1. The molecular formula is C44H47N3O20. The van der Waals surface area contributed by atoms with Crippen LogP contribution < -0.4 is 21.2 Å². The number of aromatic nitrogens is 1. The molecule has 2 aromatic heterocycles.